The summed E-state index contributed by atoms with van der Waals surface area (Å²) in [6.45, 7) is 3.83. The molecule has 1 aromatic carbocycles. The smallest absolute Gasteiger partial charge is 0.326 e. The predicted molar refractivity (Wildman–Crippen MR) is 124 cm³/mol. The summed E-state index contributed by atoms with van der Waals surface area (Å²) >= 11 is 4.32. The van der Waals surface area contributed by atoms with Gasteiger partial charge in [0, 0.05) is 12.8 Å². The van der Waals surface area contributed by atoms with Crippen LogP contribution in [0.15, 0.2) is 30.3 Å². The van der Waals surface area contributed by atoms with Crippen LogP contribution in [0.25, 0.3) is 0 Å². The largest absolute Gasteiger partial charge is 0.480 e. The van der Waals surface area contributed by atoms with Crippen molar-refractivity contribution in [1.29, 1.82) is 0 Å². The fourth-order valence-electron chi connectivity index (χ4n) is 3.13. The summed E-state index contributed by atoms with van der Waals surface area (Å²) in [6.07, 6.45) is 2.39. The number of methoxy groups -OCH3 is 1. The van der Waals surface area contributed by atoms with Crippen molar-refractivity contribution >= 4 is 36.4 Å². The number of rotatable bonds is 14. The molecule has 3 unspecified atom stereocenters. The molecule has 32 heavy (non-hydrogen) atoms. The summed E-state index contributed by atoms with van der Waals surface area (Å²) in [5.41, 5.74) is 0.784. The number of nitrogens with one attached hydrogen (secondary N) is 2. The maximum absolute atomic E-state index is 12.8. The molecule has 0 saturated heterocycles. The highest BCUT2D eigenvalue weighted by molar-refractivity contribution is 7.81. The number of aliphatic carboxylic acids is 1. The van der Waals surface area contributed by atoms with E-state index in [-0.39, 0.29) is 24.7 Å². The zero-order chi connectivity index (χ0) is 24.1. The average Bonchev–Trinajstić information content (AvgIpc) is 2.75. The van der Waals surface area contributed by atoms with Gasteiger partial charge in [-0.2, -0.15) is 12.6 Å². The maximum atomic E-state index is 12.8. The Hall–Kier alpha value is -2.55. The molecular formula is C23H34N2O6S. The van der Waals surface area contributed by atoms with Gasteiger partial charge in [0.1, 0.15) is 12.1 Å². The number of carboxylic acids is 1. The van der Waals surface area contributed by atoms with Gasteiger partial charge in [-0.25, -0.2) is 4.79 Å². The number of unbranched alkanes of at least 4 members (excludes halogenated alkanes) is 1. The van der Waals surface area contributed by atoms with Gasteiger partial charge in [-0.1, -0.05) is 50.6 Å². The van der Waals surface area contributed by atoms with Gasteiger partial charge in [-0.05, 0) is 30.7 Å². The lowest BCUT2D eigenvalue weighted by Gasteiger charge is -2.24. The second-order valence-electron chi connectivity index (χ2n) is 8.12. The quantitative estimate of drug-likeness (QED) is 0.190. The third kappa shape index (κ3) is 10.7. The van der Waals surface area contributed by atoms with Crippen molar-refractivity contribution in [3.05, 3.63) is 35.9 Å². The highest BCUT2D eigenvalue weighted by atomic mass is 32.1. The normalized spacial score (nSPS) is 13.7. The molecule has 0 aliphatic heterocycles. The van der Waals surface area contributed by atoms with Gasteiger partial charge in [0.2, 0.25) is 11.8 Å². The van der Waals surface area contributed by atoms with E-state index in [4.69, 9.17) is 0 Å². The van der Waals surface area contributed by atoms with E-state index in [0.717, 1.165) is 5.56 Å². The van der Waals surface area contributed by atoms with E-state index in [1.165, 1.54) is 7.11 Å². The van der Waals surface area contributed by atoms with Crippen LogP contribution in [-0.4, -0.2) is 53.3 Å². The number of carbonyl (C=O) groups is 4. The molecule has 0 heterocycles. The Bertz CT molecular complexity index is 756. The van der Waals surface area contributed by atoms with Crippen molar-refractivity contribution in [3.63, 3.8) is 0 Å². The summed E-state index contributed by atoms with van der Waals surface area (Å²) in [6, 6.07) is 7.04. The number of thiol groups is 1. The number of amides is 2. The van der Waals surface area contributed by atoms with Crippen LogP contribution in [0.5, 0.6) is 0 Å². The van der Waals surface area contributed by atoms with Crippen molar-refractivity contribution in [2.24, 2.45) is 5.92 Å². The van der Waals surface area contributed by atoms with Crippen LogP contribution in [0, 0.1) is 5.92 Å². The lowest BCUT2D eigenvalue weighted by Crippen LogP contribution is -2.53. The molecule has 178 valence electrons. The van der Waals surface area contributed by atoms with Gasteiger partial charge in [-0.15, -0.1) is 0 Å². The van der Waals surface area contributed by atoms with Crippen molar-refractivity contribution in [2.45, 2.75) is 69.7 Å². The lowest BCUT2D eigenvalue weighted by molar-refractivity contribution is -0.142. The summed E-state index contributed by atoms with van der Waals surface area (Å²) < 4.78 is 4.58. The Balaban J connectivity index is 2.70. The molecule has 3 N–H and O–H groups in total. The first-order chi connectivity index (χ1) is 15.1. The van der Waals surface area contributed by atoms with Gasteiger partial charge in [0.05, 0.1) is 12.4 Å². The number of esters is 1. The monoisotopic (exact) mass is 466 g/mol. The third-order valence-electron chi connectivity index (χ3n) is 4.88. The predicted octanol–water partition coefficient (Wildman–Crippen LogP) is 2.36. The molecule has 8 nitrogen and oxygen atoms in total. The van der Waals surface area contributed by atoms with Crippen LogP contribution in [0.3, 0.4) is 0 Å². The Kier molecular flexibility index (Phi) is 12.5. The number of ether oxygens (including phenoxy) is 1. The molecule has 0 aromatic heterocycles. The SMILES string of the molecule is COC(=O)CCCCC(S)C(=O)NC(CC(C)C)C(=O)NC(Cc1ccccc1)C(=O)O. The molecule has 3 atom stereocenters. The minimum Gasteiger partial charge on any atom is -0.480 e. The van der Waals surface area contributed by atoms with Gasteiger partial charge >= 0.3 is 11.9 Å². The van der Waals surface area contributed by atoms with Crippen molar-refractivity contribution < 1.29 is 29.0 Å². The molecule has 0 spiro atoms. The van der Waals surface area contributed by atoms with Crippen LogP contribution >= 0.6 is 12.6 Å². The fraction of sp³-hybridized carbons (Fsp3) is 0.565. The fourth-order valence-corrected chi connectivity index (χ4v) is 3.39. The highest BCUT2D eigenvalue weighted by Gasteiger charge is 2.28. The molecule has 0 aliphatic rings. The maximum Gasteiger partial charge on any atom is 0.326 e. The van der Waals surface area contributed by atoms with Gasteiger partial charge < -0.3 is 20.5 Å². The highest BCUT2D eigenvalue weighted by Crippen LogP contribution is 2.12. The van der Waals surface area contributed by atoms with Crippen molar-refractivity contribution in [1.82, 2.24) is 10.6 Å². The lowest BCUT2D eigenvalue weighted by atomic mass is 10.0. The molecule has 1 rings (SSSR count). The first-order valence-electron chi connectivity index (χ1n) is 10.8. The first-order valence-corrected chi connectivity index (χ1v) is 11.3. The van der Waals surface area contributed by atoms with Gasteiger partial charge in [0.15, 0.2) is 0 Å². The van der Waals surface area contributed by atoms with Crippen LogP contribution in [0.1, 0.15) is 51.5 Å². The second-order valence-corrected chi connectivity index (χ2v) is 8.74. The standard InChI is InChI=1S/C23H34N2O6S/c1-15(2)13-17(24-22(28)19(32)11-7-8-12-20(26)31-3)21(27)25-18(23(29)30)14-16-9-5-4-6-10-16/h4-6,9-10,15,17-19,32H,7-8,11-14H2,1-3H3,(H,24,28)(H,25,27)(H,29,30). The minimum atomic E-state index is -1.14. The van der Waals surface area contributed by atoms with Crippen LogP contribution < -0.4 is 10.6 Å². The van der Waals surface area contributed by atoms with E-state index >= 15 is 0 Å². The van der Waals surface area contributed by atoms with E-state index in [1.807, 2.05) is 19.9 Å². The molecule has 0 saturated carbocycles. The summed E-state index contributed by atoms with van der Waals surface area (Å²) in [5.74, 6) is -2.29. The summed E-state index contributed by atoms with van der Waals surface area (Å²) in [4.78, 5) is 48.2. The average molecular weight is 467 g/mol. The molecule has 0 radical (unpaired) electrons. The number of carboxylic acid groups (broad SMARTS) is 1. The number of benzene rings is 1. The summed E-state index contributed by atoms with van der Waals surface area (Å²) in [5, 5.41) is 14.2. The second kappa shape index (κ2) is 14.5. The van der Waals surface area contributed by atoms with Crippen LogP contribution in [0.4, 0.5) is 0 Å². The third-order valence-corrected chi connectivity index (χ3v) is 5.37. The van der Waals surface area contributed by atoms with Crippen LogP contribution in [-0.2, 0) is 30.3 Å². The molecule has 0 aliphatic carbocycles. The zero-order valence-electron chi connectivity index (χ0n) is 18.9. The van der Waals surface area contributed by atoms with E-state index in [0.29, 0.717) is 25.7 Å². The Morgan fingerprint density at radius 2 is 1.62 bits per heavy atom. The minimum absolute atomic E-state index is 0.0990. The molecule has 1 aromatic rings. The molecule has 9 heteroatoms. The first kappa shape index (κ1) is 27.5. The van der Waals surface area contributed by atoms with Gasteiger partial charge in [0.25, 0.3) is 0 Å². The van der Waals surface area contributed by atoms with Gasteiger partial charge in [-0.3, -0.25) is 14.4 Å². The van der Waals surface area contributed by atoms with E-state index in [1.54, 1.807) is 24.3 Å². The zero-order valence-corrected chi connectivity index (χ0v) is 19.8. The van der Waals surface area contributed by atoms with Crippen molar-refractivity contribution in [2.75, 3.05) is 7.11 Å². The molecule has 0 bridgehead atoms. The Morgan fingerprint density at radius 3 is 2.19 bits per heavy atom. The molecule has 2 amide bonds. The number of carbonyl (C=O) groups excluding carboxylic acids is 3. The van der Waals surface area contributed by atoms with E-state index in [2.05, 4.69) is 28.0 Å². The Morgan fingerprint density at radius 1 is 1.00 bits per heavy atom. The van der Waals surface area contributed by atoms with Crippen molar-refractivity contribution in [3.8, 4) is 0 Å². The van der Waals surface area contributed by atoms with E-state index < -0.39 is 35.1 Å². The Labute approximate surface area is 194 Å². The summed E-state index contributed by atoms with van der Waals surface area (Å²) in [7, 11) is 1.33. The van der Waals surface area contributed by atoms with Crippen LogP contribution in [0.2, 0.25) is 0 Å². The van der Waals surface area contributed by atoms with E-state index in [9.17, 15) is 24.3 Å². The molecule has 0 fully saturated rings. The molecular weight excluding hydrogens is 432 g/mol. The topological polar surface area (TPSA) is 122 Å². The number of hydrogen-bond donors (Lipinski definition) is 4. The number of hydrogen-bond acceptors (Lipinski definition) is 6.